The van der Waals surface area contributed by atoms with E-state index in [4.69, 9.17) is 15.2 Å². The number of nitrogens with one attached hydrogen (secondary N) is 2. The second kappa shape index (κ2) is 5.77. The molecule has 0 bridgehead atoms. The van der Waals surface area contributed by atoms with Crippen LogP contribution in [0.3, 0.4) is 0 Å². The van der Waals surface area contributed by atoms with Gasteiger partial charge in [-0.05, 0) is 50.1 Å². The zero-order valence-electron chi connectivity index (χ0n) is 22.3. The Kier molecular flexibility index (Phi) is 1.65. The molecule has 112 valence electrons. The number of rotatable bonds is 5. The number of carbonyl (C=O) groups is 1. The standard InChI is InChI=1S/C16H21N3O2/c1-19(2)6-5-12-9-17-15-4-3-11(8-14(12)15)7-13-10-21-16(20)18-13/h3-4,8-9,13,17H,5-7,10H2,1-2H3,(H,18,20)/t13-/m0/s1/i1D3,7D2,9D,10D2,13D/hD2. The monoisotopic (exact) mass is 298 g/mol. The Morgan fingerprint density at radius 3 is 3.43 bits per heavy atom. The number of fused-ring (bicyclic) bond motifs is 1. The molecule has 1 fully saturated rings. The first kappa shape index (κ1) is 6.01. The smallest absolute Gasteiger partial charge is 0.407 e. The van der Waals surface area contributed by atoms with Crippen molar-refractivity contribution >= 4 is 17.0 Å². The number of aromatic amines is 1. The van der Waals surface area contributed by atoms with Crippen molar-refractivity contribution < 1.29 is 24.7 Å². The molecule has 1 aliphatic heterocycles. The zero-order chi connectivity index (χ0) is 24.4. The Morgan fingerprint density at radius 1 is 1.76 bits per heavy atom. The first-order chi connectivity index (χ1) is 14.5. The maximum atomic E-state index is 11.7. The minimum atomic E-state index is -3.14. The van der Waals surface area contributed by atoms with Crippen molar-refractivity contribution in [2.75, 3.05) is 27.1 Å². The average Bonchev–Trinajstić information content (AvgIpc) is 3.01. The fourth-order valence-corrected chi connectivity index (χ4v) is 2.03. The third kappa shape index (κ3) is 3.19. The number of nitrogens with zero attached hydrogens (tertiary/aromatic N) is 1. The molecule has 1 saturated heterocycles. The highest BCUT2D eigenvalue weighted by molar-refractivity contribution is 5.84. The number of likely N-dealkylation sites (N-methyl/N-ethyl adjacent to an activating group) is 1. The van der Waals surface area contributed by atoms with Crippen LogP contribution >= 0.6 is 0 Å². The normalized spacial score (nSPS) is 33.5. The predicted octanol–water partition coefficient (Wildman–Crippen LogP) is 1.92. The number of H-pyrrole nitrogens is 1. The van der Waals surface area contributed by atoms with Crippen molar-refractivity contribution in [2.45, 2.75) is 18.8 Å². The molecule has 21 heavy (non-hydrogen) atoms. The number of aromatic nitrogens is 1. The van der Waals surface area contributed by atoms with Gasteiger partial charge in [0.15, 0.2) is 2.82 Å². The summed E-state index contributed by atoms with van der Waals surface area (Å²) in [5.41, 5.74) is 0.229. The molecule has 1 aliphatic rings. The summed E-state index contributed by atoms with van der Waals surface area (Å²) in [4.78, 5) is 13.6. The van der Waals surface area contributed by atoms with Gasteiger partial charge in [-0.2, -0.15) is 0 Å². The van der Waals surface area contributed by atoms with Crippen molar-refractivity contribution in [3.05, 3.63) is 35.5 Å². The zero-order valence-corrected chi connectivity index (χ0v) is 11.3. The van der Waals surface area contributed by atoms with Crippen molar-refractivity contribution in [3.8, 4) is 0 Å². The highest BCUT2D eigenvalue weighted by Gasteiger charge is 2.22. The van der Waals surface area contributed by atoms with Gasteiger partial charge < -0.3 is 19.9 Å². The Hall–Kier alpha value is -2.01. The molecule has 2 N–H and O–H groups in total. The fourth-order valence-electron chi connectivity index (χ4n) is 2.03. The van der Waals surface area contributed by atoms with E-state index >= 15 is 0 Å². The van der Waals surface area contributed by atoms with Crippen molar-refractivity contribution in [1.29, 1.82) is 0 Å². The van der Waals surface area contributed by atoms with Crippen molar-refractivity contribution in [1.82, 2.24) is 15.2 Å². The van der Waals surface area contributed by atoms with Gasteiger partial charge in [-0.1, -0.05) is 6.07 Å². The molecule has 0 saturated carbocycles. The van der Waals surface area contributed by atoms with Crippen LogP contribution in [0.15, 0.2) is 24.4 Å². The number of alkyl carbamates (subject to hydrolysis) is 1. The van der Waals surface area contributed by atoms with Gasteiger partial charge in [-0.15, -0.1) is 0 Å². The van der Waals surface area contributed by atoms with E-state index in [1.165, 1.54) is 25.2 Å². The molecule has 0 unspecified atom stereocenters. The van der Waals surface area contributed by atoms with E-state index in [0.29, 0.717) is 0 Å². The molecule has 2 heterocycles. The molecule has 5 nitrogen and oxygen atoms in total. The lowest BCUT2D eigenvalue weighted by Crippen LogP contribution is -2.28. The molecule has 1 aromatic carbocycles. The van der Waals surface area contributed by atoms with E-state index in [1.54, 1.807) is 0 Å². The van der Waals surface area contributed by atoms with Gasteiger partial charge in [-0.3, -0.25) is 0 Å². The summed E-state index contributed by atoms with van der Waals surface area (Å²) in [5.74, 6) is 0. The first-order valence-electron chi connectivity index (χ1n) is 11.7. The topological polar surface area (TPSA) is 57.4 Å². The molecule has 1 amide bonds. The number of cyclic esters (lactones) is 1. The van der Waals surface area contributed by atoms with Crippen LogP contribution in [0.5, 0.6) is 0 Å². The molecule has 1 atom stereocenters. The Balaban J connectivity index is 2.10. The van der Waals surface area contributed by atoms with Crippen LogP contribution in [0.25, 0.3) is 10.9 Å². The molecule has 0 aliphatic carbocycles. The van der Waals surface area contributed by atoms with Gasteiger partial charge in [0.05, 0.1) is 11.5 Å². The number of hydrogen-bond donors (Lipinski definition) is 2. The number of hydrogen-bond acceptors (Lipinski definition) is 3. The van der Waals surface area contributed by atoms with Gasteiger partial charge in [-0.25, -0.2) is 4.79 Å². The fraction of sp³-hybridized carbons (Fsp3) is 0.438. The molecule has 3 rings (SSSR count). The first-order valence-corrected chi connectivity index (χ1v) is 6.34. The van der Waals surface area contributed by atoms with Gasteiger partial charge in [0.2, 0.25) is 0 Å². The van der Waals surface area contributed by atoms with Crippen LogP contribution in [0.1, 0.15) is 23.5 Å². The molecule has 5 heteroatoms. The predicted molar refractivity (Wildman–Crippen MR) is 82.5 cm³/mol. The summed E-state index contributed by atoms with van der Waals surface area (Å²) in [6.07, 6.45) is -4.61. The van der Waals surface area contributed by atoms with Gasteiger partial charge in [0.1, 0.15) is 6.56 Å². The number of ether oxygens (including phenoxy) is 1. The summed E-state index contributed by atoms with van der Waals surface area (Å²) >= 11 is 0. The minimum Gasteiger partial charge on any atom is -0.447 e. The summed E-state index contributed by atoms with van der Waals surface area (Å²) in [6.45, 7) is -5.48. The van der Waals surface area contributed by atoms with E-state index in [1.807, 2.05) is 0 Å². The number of carbonyl (C=O) groups excluding carboxylic acids is 1. The minimum absolute atomic E-state index is 0.0202. The van der Waals surface area contributed by atoms with E-state index < -0.39 is 32.0 Å². The van der Waals surface area contributed by atoms with E-state index in [-0.39, 0.29) is 46.5 Å². The van der Waals surface area contributed by atoms with Crippen LogP contribution in [0.2, 0.25) is 2.82 Å². The van der Waals surface area contributed by atoms with Crippen LogP contribution in [-0.4, -0.2) is 49.1 Å². The van der Waals surface area contributed by atoms with Gasteiger partial charge in [0, 0.05) is 30.5 Å². The Labute approximate surface area is 139 Å². The largest absolute Gasteiger partial charge is 0.447 e. The molecule has 0 radical (unpaired) electrons. The van der Waals surface area contributed by atoms with Gasteiger partial charge >= 0.3 is 6.09 Å². The van der Waals surface area contributed by atoms with E-state index in [9.17, 15) is 4.79 Å². The average molecular weight is 298 g/mol. The molecular weight excluding hydrogens is 266 g/mol. The second-order valence-electron chi connectivity index (χ2n) is 4.66. The van der Waals surface area contributed by atoms with Crippen LogP contribution in [0.4, 0.5) is 4.79 Å². The molecule has 0 spiro atoms. The third-order valence-electron chi connectivity index (χ3n) is 3.03. The Bertz CT molecular complexity index is 1070. The quantitative estimate of drug-likeness (QED) is 0.887. The summed E-state index contributed by atoms with van der Waals surface area (Å²) in [6, 6.07) is 0.648. The lowest BCUT2D eigenvalue weighted by Gasteiger charge is -2.09. The molecular formula is C16H21N3O2. The van der Waals surface area contributed by atoms with Crippen LogP contribution in [-0.2, 0) is 17.5 Å². The van der Waals surface area contributed by atoms with Crippen LogP contribution in [0, 0.1) is 0 Å². The van der Waals surface area contributed by atoms with E-state index in [2.05, 4.69) is 4.74 Å². The maximum Gasteiger partial charge on any atom is 0.407 e. The van der Waals surface area contributed by atoms with E-state index in [0.717, 1.165) is 9.88 Å². The maximum absolute atomic E-state index is 11.7. The van der Waals surface area contributed by atoms with Crippen molar-refractivity contribution in [2.24, 2.45) is 0 Å². The van der Waals surface area contributed by atoms with Gasteiger partial charge in [0.25, 0.3) is 0 Å². The van der Waals surface area contributed by atoms with Crippen LogP contribution < -0.4 is 5.31 Å². The lowest BCUT2D eigenvalue weighted by molar-refractivity contribution is 0.177. The highest BCUT2D eigenvalue weighted by Crippen LogP contribution is 2.21. The lowest BCUT2D eigenvalue weighted by atomic mass is 10.0. The SMILES string of the molecule is [2H]c1c(CCN(C)C([2H])([2H])[2H])c2cc(C([2H])([2H])[C@]3([2H])N([2H])C(=O)OC3([2H])[2H])ccc2n1[2H]. The Morgan fingerprint density at radius 2 is 2.67 bits per heavy atom. The number of amides is 1. The summed E-state index contributed by atoms with van der Waals surface area (Å²) in [7, 11) is 1.38. The van der Waals surface area contributed by atoms with Crippen molar-refractivity contribution in [3.63, 3.8) is 0 Å². The highest BCUT2D eigenvalue weighted by atomic mass is 16.6. The third-order valence-corrected chi connectivity index (χ3v) is 3.03. The summed E-state index contributed by atoms with van der Waals surface area (Å²) in [5, 5.41) is 0.0610. The molecule has 1 aromatic heterocycles. The number of benzene rings is 1. The molecule has 2 aromatic rings. The second-order valence-corrected chi connectivity index (χ2v) is 4.66. The summed E-state index contributed by atoms with van der Waals surface area (Å²) < 4.78 is 91.7.